The summed E-state index contributed by atoms with van der Waals surface area (Å²) in [7, 11) is -3.30. The van der Waals surface area contributed by atoms with Gasteiger partial charge in [0.25, 0.3) is 0 Å². The first-order chi connectivity index (χ1) is 14.9. The van der Waals surface area contributed by atoms with E-state index in [1.165, 1.54) is 5.56 Å². The van der Waals surface area contributed by atoms with Gasteiger partial charge >= 0.3 is 0 Å². The van der Waals surface area contributed by atoms with Gasteiger partial charge in [-0.25, -0.2) is 13.1 Å². The van der Waals surface area contributed by atoms with Crippen molar-refractivity contribution in [3.05, 3.63) is 29.8 Å². The summed E-state index contributed by atoms with van der Waals surface area (Å²) in [6.45, 7) is 4.87. The summed E-state index contributed by atoms with van der Waals surface area (Å²) in [5.41, 5.74) is 1.17. The van der Waals surface area contributed by atoms with E-state index in [-0.39, 0.29) is 24.8 Å². The van der Waals surface area contributed by atoms with Gasteiger partial charge in [0.2, 0.25) is 10.0 Å². The number of carbonyl (C=O) groups excluding carboxylic acids is 1. The van der Waals surface area contributed by atoms with Crippen LogP contribution in [0.25, 0.3) is 0 Å². The molecule has 31 heavy (non-hydrogen) atoms. The highest BCUT2D eigenvalue weighted by Crippen LogP contribution is 2.38. The highest BCUT2D eigenvalue weighted by molar-refractivity contribution is 7.90. The Kier molecular flexibility index (Phi) is 8.89. The molecule has 1 saturated heterocycles. The van der Waals surface area contributed by atoms with Crippen LogP contribution in [-0.2, 0) is 19.6 Å². The Morgan fingerprint density at radius 2 is 1.90 bits per heavy atom. The molecule has 0 bridgehead atoms. The minimum atomic E-state index is -3.30. The lowest BCUT2D eigenvalue weighted by Gasteiger charge is -2.35. The van der Waals surface area contributed by atoms with Crippen LogP contribution in [0.3, 0.4) is 0 Å². The zero-order valence-corrected chi connectivity index (χ0v) is 19.4. The van der Waals surface area contributed by atoms with Crippen LogP contribution in [0.1, 0.15) is 63.9 Å². The van der Waals surface area contributed by atoms with Gasteiger partial charge in [0.05, 0.1) is 18.0 Å². The van der Waals surface area contributed by atoms with Crippen molar-refractivity contribution in [2.75, 3.05) is 19.8 Å². The van der Waals surface area contributed by atoms with E-state index in [9.17, 15) is 13.2 Å². The van der Waals surface area contributed by atoms with E-state index in [1.807, 2.05) is 18.2 Å². The molecule has 3 rings (SSSR count). The number of hydrogen-bond acceptors (Lipinski definition) is 6. The second kappa shape index (κ2) is 11.4. The van der Waals surface area contributed by atoms with Crippen molar-refractivity contribution in [1.82, 2.24) is 10.0 Å². The molecule has 1 heterocycles. The van der Waals surface area contributed by atoms with Crippen molar-refractivity contribution in [1.29, 1.82) is 0 Å². The Morgan fingerprint density at radius 1 is 1.16 bits per heavy atom. The lowest BCUT2D eigenvalue weighted by atomic mass is 9.82. The average Bonchev–Trinajstić information content (AvgIpc) is 2.77. The summed E-state index contributed by atoms with van der Waals surface area (Å²) in [5.74, 6) is 1.20. The maximum absolute atomic E-state index is 12.3. The summed E-state index contributed by atoms with van der Waals surface area (Å²) in [6.07, 6.45) is 6.68. The van der Waals surface area contributed by atoms with E-state index in [0.29, 0.717) is 12.5 Å². The molecule has 7 nitrogen and oxygen atoms in total. The second-order valence-corrected chi connectivity index (χ2v) is 11.1. The van der Waals surface area contributed by atoms with E-state index in [1.54, 1.807) is 13.8 Å². The molecule has 8 heteroatoms. The Hall–Kier alpha value is -1.48. The molecule has 0 amide bonds. The van der Waals surface area contributed by atoms with Crippen LogP contribution in [-0.4, -0.2) is 57.9 Å². The highest BCUT2D eigenvalue weighted by atomic mass is 32.2. The zero-order chi connectivity index (χ0) is 22.3. The van der Waals surface area contributed by atoms with Crippen LogP contribution in [0.2, 0.25) is 0 Å². The number of benzene rings is 1. The summed E-state index contributed by atoms with van der Waals surface area (Å²) < 4.78 is 39.3. The normalized spacial score (nSPS) is 27.2. The van der Waals surface area contributed by atoms with Crippen molar-refractivity contribution in [3.8, 4) is 5.75 Å². The zero-order valence-electron chi connectivity index (χ0n) is 18.6. The number of ether oxygens (including phenoxy) is 2. The minimum absolute atomic E-state index is 0.00235. The third kappa shape index (κ3) is 6.75. The van der Waals surface area contributed by atoms with E-state index < -0.39 is 15.3 Å². The first-order valence-electron chi connectivity index (χ1n) is 11.4. The van der Waals surface area contributed by atoms with Crippen molar-refractivity contribution in [2.45, 2.75) is 81.7 Å². The molecule has 174 valence electrons. The molecule has 1 aromatic carbocycles. The Bertz CT molecular complexity index is 806. The molecule has 1 aromatic rings. The third-order valence-corrected chi connectivity index (χ3v) is 8.24. The van der Waals surface area contributed by atoms with Crippen LogP contribution in [0.15, 0.2) is 24.3 Å². The van der Waals surface area contributed by atoms with Crippen molar-refractivity contribution in [3.63, 3.8) is 0 Å². The molecule has 2 N–H and O–H groups in total. The van der Waals surface area contributed by atoms with Gasteiger partial charge in [-0.2, -0.15) is 0 Å². The van der Waals surface area contributed by atoms with Gasteiger partial charge in [0.1, 0.15) is 12.4 Å². The molecule has 1 saturated carbocycles. The fourth-order valence-corrected chi connectivity index (χ4v) is 5.45. The number of piperidine rings is 1. The second-order valence-electron chi connectivity index (χ2n) is 8.84. The highest BCUT2D eigenvalue weighted by Gasteiger charge is 2.31. The lowest BCUT2D eigenvalue weighted by Crippen LogP contribution is -2.56. The number of hydrogen-bond donors (Lipinski definition) is 2. The predicted octanol–water partition coefficient (Wildman–Crippen LogP) is 2.76. The van der Waals surface area contributed by atoms with Crippen LogP contribution in [0.4, 0.5) is 0 Å². The molecule has 1 aliphatic carbocycles. The molecule has 2 atom stereocenters. The molecule has 0 radical (unpaired) electrons. The number of carbonyl (C=O) groups is 1. The summed E-state index contributed by atoms with van der Waals surface area (Å²) in [5, 5.41) is 2.99. The number of rotatable bonds is 10. The first kappa shape index (κ1) is 24.2. The summed E-state index contributed by atoms with van der Waals surface area (Å²) >= 11 is 0. The molecule has 0 unspecified atom stereocenters. The monoisotopic (exact) mass is 452 g/mol. The molecule has 0 aromatic heterocycles. The third-order valence-electron chi connectivity index (χ3n) is 6.37. The molecule has 2 aliphatic rings. The molecule has 2 fully saturated rings. The lowest BCUT2D eigenvalue weighted by molar-refractivity contribution is -0.109. The Labute approximate surface area is 186 Å². The number of nitrogens with one attached hydrogen (secondary N) is 2. The van der Waals surface area contributed by atoms with Crippen LogP contribution >= 0.6 is 0 Å². The largest absolute Gasteiger partial charge is 0.486 e. The Morgan fingerprint density at radius 3 is 2.61 bits per heavy atom. The molecule has 1 aliphatic heterocycles. The van der Waals surface area contributed by atoms with Gasteiger partial charge in [-0.05, 0) is 76.5 Å². The summed E-state index contributed by atoms with van der Waals surface area (Å²) in [6, 6.07) is 7.83. The van der Waals surface area contributed by atoms with Gasteiger partial charge in [-0.1, -0.05) is 18.2 Å². The maximum Gasteiger partial charge on any atom is 0.214 e. The van der Waals surface area contributed by atoms with Crippen molar-refractivity contribution in [2.24, 2.45) is 0 Å². The van der Waals surface area contributed by atoms with E-state index in [2.05, 4.69) is 16.1 Å². The van der Waals surface area contributed by atoms with Gasteiger partial charge in [-0.3, -0.25) is 4.79 Å². The standard InChI is InChI=1S/C23H36N2O5S/c1-17(2)31(27,28)25-21-7-5-13-24-22(21)16-30-19-11-9-18(10-12-19)20-6-3-4-8-23(20)29-15-14-26/h3-4,6,8,14,17-19,21-22,24-25H,5,7,9-13,15-16H2,1-2H3/t18?,19?,21-,22-/m0/s1. The van der Waals surface area contributed by atoms with Crippen LogP contribution in [0, 0.1) is 0 Å². The smallest absolute Gasteiger partial charge is 0.214 e. The Balaban J connectivity index is 1.50. The minimum Gasteiger partial charge on any atom is -0.486 e. The van der Waals surface area contributed by atoms with Gasteiger partial charge in [-0.15, -0.1) is 0 Å². The fourth-order valence-electron chi connectivity index (χ4n) is 4.47. The van der Waals surface area contributed by atoms with Gasteiger partial charge < -0.3 is 14.8 Å². The summed E-state index contributed by atoms with van der Waals surface area (Å²) in [4.78, 5) is 10.7. The van der Waals surface area contributed by atoms with Crippen LogP contribution in [0.5, 0.6) is 5.75 Å². The number of sulfonamides is 1. The quantitative estimate of drug-likeness (QED) is 0.530. The molecular formula is C23H36N2O5S. The topological polar surface area (TPSA) is 93.7 Å². The maximum atomic E-state index is 12.3. The van der Waals surface area contributed by atoms with Crippen molar-refractivity contribution < 1.29 is 22.7 Å². The van der Waals surface area contributed by atoms with E-state index in [4.69, 9.17) is 9.47 Å². The van der Waals surface area contributed by atoms with Gasteiger partial charge in [0.15, 0.2) is 6.29 Å². The average molecular weight is 453 g/mol. The first-order valence-corrected chi connectivity index (χ1v) is 13.0. The number of para-hydroxylation sites is 1. The number of aldehydes is 1. The predicted molar refractivity (Wildman–Crippen MR) is 121 cm³/mol. The van der Waals surface area contributed by atoms with Crippen molar-refractivity contribution >= 4 is 16.3 Å². The molecular weight excluding hydrogens is 416 g/mol. The molecule has 0 spiro atoms. The van der Waals surface area contributed by atoms with Gasteiger partial charge in [0, 0.05) is 12.1 Å². The van der Waals surface area contributed by atoms with Crippen LogP contribution < -0.4 is 14.8 Å². The van der Waals surface area contributed by atoms with E-state index in [0.717, 1.165) is 57.1 Å². The SMILES string of the molecule is CC(C)S(=O)(=O)N[C@H]1CCCN[C@H]1COC1CCC(c2ccccc2OCC=O)CC1. The van der Waals surface area contributed by atoms with E-state index >= 15 is 0 Å². The fraction of sp³-hybridized carbons (Fsp3) is 0.696.